The normalized spacial score (nSPS) is 13.2. The number of urea groups is 1. The lowest BCUT2D eigenvalue weighted by Gasteiger charge is -2.19. The fraction of sp³-hybridized carbons (Fsp3) is 0.321. The van der Waals surface area contributed by atoms with E-state index < -0.39 is 5.82 Å². The van der Waals surface area contributed by atoms with Gasteiger partial charge in [-0.25, -0.2) is 9.18 Å². The molecule has 8 nitrogen and oxygen atoms in total. The molecule has 2 amide bonds. The second kappa shape index (κ2) is 11.8. The number of hydrogen-bond donors (Lipinski definition) is 2. The number of amides is 2. The highest BCUT2D eigenvalue weighted by Gasteiger charge is 2.23. The molecule has 1 aliphatic carbocycles. The highest BCUT2D eigenvalue weighted by molar-refractivity contribution is 7.22. The second-order valence-corrected chi connectivity index (χ2v) is 10.2. The molecule has 0 radical (unpaired) electrons. The van der Waals surface area contributed by atoms with Gasteiger partial charge in [0.05, 0.1) is 27.4 Å². The summed E-state index contributed by atoms with van der Waals surface area (Å²) in [6.45, 7) is 5.44. The average molecular weight is 536 g/mol. The molecule has 1 saturated carbocycles. The van der Waals surface area contributed by atoms with Crippen LogP contribution >= 0.6 is 11.3 Å². The number of nitrogens with one attached hydrogen (secondary N) is 2. The van der Waals surface area contributed by atoms with Crippen LogP contribution in [0.1, 0.15) is 25.3 Å². The highest BCUT2D eigenvalue weighted by Crippen LogP contribution is 2.39. The zero-order valence-electron chi connectivity index (χ0n) is 21.4. The van der Waals surface area contributed by atoms with Gasteiger partial charge in [-0.1, -0.05) is 13.0 Å². The van der Waals surface area contributed by atoms with Gasteiger partial charge in [0.1, 0.15) is 5.75 Å². The van der Waals surface area contributed by atoms with Gasteiger partial charge < -0.3 is 20.1 Å². The highest BCUT2D eigenvalue weighted by atomic mass is 32.1. The van der Waals surface area contributed by atoms with E-state index in [1.165, 1.54) is 23.5 Å². The second-order valence-electron chi connectivity index (χ2n) is 9.17. The largest absolute Gasteiger partial charge is 0.453 e. The predicted octanol–water partition coefficient (Wildman–Crippen LogP) is 6.04. The van der Waals surface area contributed by atoms with Gasteiger partial charge in [0.25, 0.3) is 0 Å². The minimum Gasteiger partial charge on any atom is -0.453 e. The lowest BCUT2D eigenvalue weighted by atomic mass is 10.2. The molecule has 5 rings (SSSR count). The first kappa shape index (κ1) is 26.0. The van der Waals surface area contributed by atoms with Crippen molar-refractivity contribution in [1.29, 1.82) is 0 Å². The Labute approximate surface area is 224 Å². The van der Waals surface area contributed by atoms with E-state index in [1.54, 1.807) is 25.4 Å². The van der Waals surface area contributed by atoms with Crippen LogP contribution in [0.2, 0.25) is 0 Å². The maximum Gasteiger partial charge on any atom is 0.319 e. The van der Waals surface area contributed by atoms with Crippen molar-refractivity contribution >= 4 is 33.3 Å². The van der Waals surface area contributed by atoms with Crippen molar-refractivity contribution in [2.75, 3.05) is 32.1 Å². The van der Waals surface area contributed by atoms with Crippen LogP contribution in [0.25, 0.3) is 20.8 Å². The number of benzene rings is 1. The van der Waals surface area contributed by atoms with Crippen LogP contribution in [-0.4, -0.2) is 53.7 Å². The van der Waals surface area contributed by atoms with E-state index in [2.05, 4.69) is 38.5 Å². The molecule has 3 aromatic heterocycles. The zero-order valence-corrected chi connectivity index (χ0v) is 22.2. The summed E-state index contributed by atoms with van der Waals surface area (Å²) < 4.78 is 26.8. The Balaban J connectivity index is 1.29. The Hall–Kier alpha value is -3.60. The van der Waals surface area contributed by atoms with E-state index >= 15 is 0 Å². The molecule has 1 aliphatic rings. The van der Waals surface area contributed by atoms with Crippen molar-refractivity contribution in [3.8, 4) is 22.1 Å². The molecule has 0 unspecified atom stereocenters. The SMILES string of the molecule is CCN(CCOC)Cc1ccc(-c2cc3nccc(Oc4ccc(NC(=O)NC5CC5)cc4F)c3s2)nc1. The summed E-state index contributed by atoms with van der Waals surface area (Å²) in [6, 6.07) is 12.0. The number of carbonyl (C=O) groups is 1. The molecule has 1 fully saturated rings. The summed E-state index contributed by atoms with van der Waals surface area (Å²) in [4.78, 5) is 24.3. The molecule has 4 aromatic rings. The van der Waals surface area contributed by atoms with E-state index in [4.69, 9.17) is 9.47 Å². The van der Waals surface area contributed by atoms with Crippen molar-refractivity contribution in [3.05, 3.63) is 66.2 Å². The standard InChI is InChI=1S/C28H30FN5O3S/c1-3-34(12-13-36-2)17-18-4-8-22(31-16-18)26-15-23-27(38-26)25(10-11-30-23)37-24-9-7-20(14-21(24)29)33-28(35)32-19-5-6-19/h4,7-11,14-16,19H,3,5-6,12-13,17H2,1-2H3,(H2,32,33,35). The molecular weight excluding hydrogens is 505 g/mol. The van der Waals surface area contributed by atoms with Crippen molar-refractivity contribution in [3.63, 3.8) is 0 Å². The van der Waals surface area contributed by atoms with Gasteiger partial charge >= 0.3 is 6.03 Å². The van der Waals surface area contributed by atoms with Crippen LogP contribution in [0.15, 0.2) is 54.9 Å². The summed E-state index contributed by atoms with van der Waals surface area (Å²) in [5, 5.41) is 5.47. The van der Waals surface area contributed by atoms with Crippen molar-refractivity contribution in [2.45, 2.75) is 32.4 Å². The van der Waals surface area contributed by atoms with Crippen LogP contribution in [0.3, 0.4) is 0 Å². The van der Waals surface area contributed by atoms with Gasteiger partial charge in [-0.3, -0.25) is 14.9 Å². The zero-order chi connectivity index (χ0) is 26.5. The third-order valence-corrected chi connectivity index (χ3v) is 7.40. The predicted molar refractivity (Wildman–Crippen MR) is 147 cm³/mol. The molecule has 0 saturated heterocycles. The molecule has 198 valence electrons. The number of rotatable bonds is 11. The molecule has 1 aromatic carbocycles. The van der Waals surface area contributed by atoms with E-state index in [1.807, 2.05) is 18.3 Å². The molecule has 10 heteroatoms. The average Bonchev–Trinajstić information content (AvgIpc) is 3.62. The van der Waals surface area contributed by atoms with E-state index in [9.17, 15) is 9.18 Å². The van der Waals surface area contributed by atoms with Gasteiger partial charge in [0.2, 0.25) is 0 Å². The molecule has 0 atom stereocenters. The van der Waals surface area contributed by atoms with Crippen molar-refractivity contribution < 1.29 is 18.7 Å². The van der Waals surface area contributed by atoms with Crippen molar-refractivity contribution in [2.24, 2.45) is 0 Å². The lowest BCUT2D eigenvalue weighted by Crippen LogP contribution is -2.30. The van der Waals surface area contributed by atoms with E-state index in [0.717, 1.165) is 58.8 Å². The maximum absolute atomic E-state index is 14.8. The fourth-order valence-corrected chi connectivity index (χ4v) is 5.02. The Kier molecular flexibility index (Phi) is 8.11. The number of carbonyl (C=O) groups excluding carboxylic acids is 1. The lowest BCUT2D eigenvalue weighted by molar-refractivity contribution is 0.147. The quantitative estimate of drug-likeness (QED) is 0.243. The summed E-state index contributed by atoms with van der Waals surface area (Å²) >= 11 is 1.50. The van der Waals surface area contributed by atoms with Crippen LogP contribution in [0, 0.1) is 5.82 Å². The fourth-order valence-electron chi connectivity index (χ4n) is 3.97. The van der Waals surface area contributed by atoms with Gasteiger partial charge in [-0.05, 0) is 49.2 Å². The Morgan fingerprint density at radius 1 is 1.16 bits per heavy atom. The summed E-state index contributed by atoms with van der Waals surface area (Å²) in [5.41, 5.74) is 3.09. The molecular formula is C28H30FN5O3S. The van der Waals surface area contributed by atoms with E-state index in [-0.39, 0.29) is 17.8 Å². The summed E-state index contributed by atoms with van der Waals surface area (Å²) in [7, 11) is 1.71. The Bertz CT molecular complexity index is 1410. The Morgan fingerprint density at radius 2 is 2.03 bits per heavy atom. The van der Waals surface area contributed by atoms with Crippen LogP contribution < -0.4 is 15.4 Å². The van der Waals surface area contributed by atoms with Crippen LogP contribution in [0.5, 0.6) is 11.5 Å². The number of methoxy groups -OCH3 is 1. The number of halogens is 1. The van der Waals surface area contributed by atoms with Gasteiger partial charge in [0.15, 0.2) is 11.6 Å². The van der Waals surface area contributed by atoms with Crippen LogP contribution in [-0.2, 0) is 11.3 Å². The number of pyridine rings is 2. The minimum atomic E-state index is -0.570. The molecule has 3 heterocycles. The summed E-state index contributed by atoms with van der Waals surface area (Å²) in [5.74, 6) is 0.00237. The number of likely N-dealkylation sites (N-methyl/N-ethyl adjacent to an activating group) is 1. The maximum atomic E-state index is 14.8. The monoisotopic (exact) mass is 535 g/mol. The number of anilines is 1. The first-order chi connectivity index (χ1) is 18.5. The Morgan fingerprint density at radius 3 is 2.74 bits per heavy atom. The number of nitrogens with zero attached hydrogens (tertiary/aromatic N) is 3. The third kappa shape index (κ3) is 6.45. The molecule has 0 spiro atoms. The van der Waals surface area contributed by atoms with E-state index in [0.29, 0.717) is 18.0 Å². The first-order valence-electron chi connectivity index (χ1n) is 12.6. The smallest absolute Gasteiger partial charge is 0.319 e. The molecule has 38 heavy (non-hydrogen) atoms. The molecule has 2 N–H and O–H groups in total. The molecule has 0 aliphatic heterocycles. The number of aromatic nitrogens is 2. The number of thiophene rings is 1. The number of ether oxygens (including phenoxy) is 2. The van der Waals surface area contributed by atoms with Crippen molar-refractivity contribution in [1.82, 2.24) is 20.2 Å². The first-order valence-corrected chi connectivity index (χ1v) is 13.4. The van der Waals surface area contributed by atoms with Gasteiger partial charge in [-0.15, -0.1) is 11.3 Å². The molecule has 0 bridgehead atoms. The number of fused-ring (bicyclic) bond motifs is 1. The number of hydrogen-bond acceptors (Lipinski definition) is 7. The summed E-state index contributed by atoms with van der Waals surface area (Å²) in [6.07, 6.45) is 5.50. The van der Waals surface area contributed by atoms with Gasteiger partial charge in [0, 0.05) is 56.5 Å². The van der Waals surface area contributed by atoms with Crippen LogP contribution in [0.4, 0.5) is 14.9 Å². The third-order valence-electron chi connectivity index (χ3n) is 6.24. The topological polar surface area (TPSA) is 88.6 Å². The van der Waals surface area contributed by atoms with Gasteiger partial charge in [-0.2, -0.15) is 0 Å². The minimum absolute atomic E-state index is 0.0667.